The first kappa shape index (κ1) is 16.9. The summed E-state index contributed by atoms with van der Waals surface area (Å²) in [6, 6.07) is 0. The van der Waals surface area contributed by atoms with Gasteiger partial charge in [0.2, 0.25) is 0 Å². The minimum Gasteiger partial charge on any atom is -0.332 e. The van der Waals surface area contributed by atoms with Gasteiger partial charge in [-0.1, -0.05) is 0 Å². The molecule has 20 heavy (non-hydrogen) atoms. The molecule has 1 unspecified atom stereocenters. The second kappa shape index (κ2) is 7.57. The van der Waals surface area contributed by atoms with Crippen LogP contribution in [0.1, 0.15) is 24.5 Å². The Balaban J connectivity index is 0.000001000. The molecule has 110 valence electrons. The first-order valence-corrected chi connectivity index (χ1v) is 6.34. The molecule has 0 radical (unpaired) electrons. The Morgan fingerprint density at radius 2 is 2.05 bits per heavy atom. The number of aromatic nitrogens is 4. The Bertz CT molecular complexity index is 537. The van der Waals surface area contributed by atoms with Gasteiger partial charge >= 0.3 is 0 Å². The van der Waals surface area contributed by atoms with Gasteiger partial charge in [-0.3, -0.25) is 9.97 Å². The minimum absolute atomic E-state index is 0. The van der Waals surface area contributed by atoms with E-state index >= 15 is 0 Å². The number of aryl methyl sites for hydroxylation is 1. The first-order valence-electron chi connectivity index (χ1n) is 6.34. The molecule has 3 rings (SSSR count). The highest BCUT2D eigenvalue weighted by atomic mass is 35.5. The number of hydrogen-bond acceptors (Lipinski definition) is 4. The molecule has 0 spiro atoms. The van der Waals surface area contributed by atoms with Gasteiger partial charge in [-0.05, 0) is 19.4 Å². The number of nitrogens with one attached hydrogen (secondary N) is 1. The van der Waals surface area contributed by atoms with E-state index in [1.54, 1.807) is 18.7 Å². The van der Waals surface area contributed by atoms with Gasteiger partial charge in [-0.2, -0.15) is 0 Å². The number of hydrogen-bond donors (Lipinski definition) is 1. The molecular weight excluding hydrogens is 297 g/mol. The number of rotatable bonds is 2. The van der Waals surface area contributed by atoms with Crippen LogP contribution in [0.15, 0.2) is 24.9 Å². The maximum atomic E-state index is 4.56. The van der Waals surface area contributed by atoms with Crippen LogP contribution in [0, 0.1) is 0 Å². The van der Waals surface area contributed by atoms with Crippen molar-refractivity contribution in [2.45, 2.75) is 18.8 Å². The largest absolute Gasteiger partial charge is 0.332 e. The van der Waals surface area contributed by atoms with Crippen LogP contribution in [-0.4, -0.2) is 32.6 Å². The third-order valence-corrected chi connectivity index (χ3v) is 3.47. The van der Waals surface area contributed by atoms with E-state index in [2.05, 4.69) is 20.3 Å². The van der Waals surface area contributed by atoms with Crippen molar-refractivity contribution in [1.82, 2.24) is 24.8 Å². The zero-order chi connectivity index (χ0) is 12.4. The molecule has 1 atom stereocenters. The summed E-state index contributed by atoms with van der Waals surface area (Å²) in [6.45, 7) is 2.10. The van der Waals surface area contributed by atoms with Crippen molar-refractivity contribution >= 4 is 24.8 Å². The lowest BCUT2D eigenvalue weighted by molar-refractivity contribution is 0.454. The van der Waals surface area contributed by atoms with Crippen LogP contribution >= 0.6 is 24.8 Å². The molecule has 0 aliphatic carbocycles. The zero-order valence-corrected chi connectivity index (χ0v) is 13.0. The fourth-order valence-corrected chi connectivity index (χ4v) is 2.52. The molecule has 2 aromatic heterocycles. The van der Waals surface area contributed by atoms with Gasteiger partial charge in [0.05, 0.1) is 23.9 Å². The van der Waals surface area contributed by atoms with Gasteiger partial charge in [-0.25, -0.2) is 4.98 Å². The second-order valence-corrected chi connectivity index (χ2v) is 4.72. The lowest BCUT2D eigenvalue weighted by atomic mass is 9.94. The van der Waals surface area contributed by atoms with Crippen LogP contribution in [0.2, 0.25) is 0 Å². The fraction of sp³-hybridized carbons (Fsp3) is 0.462. The third-order valence-electron chi connectivity index (χ3n) is 3.47. The Morgan fingerprint density at radius 1 is 1.25 bits per heavy atom. The maximum Gasteiger partial charge on any atom is 0.110 e. The molecule has 3 heterocycles. The fourth-order valence-electron chi connectivity index (χ4n) is 2.52. The van der Waals surface area contributed by atoms with Crippen LogP contribution in [0.3, 0.4) is 0 Å². The molecule has 1 N–H and O–H groups in total. The molecule has 0 saturated carbocycles. The number of nitrogens with zero attached hydrogens (tertiary/aromatic N) is 4. The van der Waals surface area contributed by atoms with E-state index in [0.717, 1.165) is 30.2 Å². The van der Waals surface area contributed by atoms with Crippen molar-refractivity contribution in [3.8, 4) is 11.4 Å². The molecular formula is C13H19Cl2N5. The second-order valence-electron chi connectivity index (χ2n) is 4.72. The highest BCUT2D eigenvalue weighted by Gasteiger charge is 2.21. The van der Waals surface area contributed by atoms with Gasteiger partial charge in [-0.15, -0.1) is 24.8 Å². The molecule has 0 bridgehead atoms. The molecule has 2 aromatic rings. The van der Waals surface area contributed by atoms with Crippen molar-refractivity contribution in [3.05, 3.63) is 30.6 Å². The molecule has 1 aliphatic heterocycles. The minimum atomic E-state index is 0. The molecule has 1 aliphatic rings. The Morgan fingerprint density at radius 3 is 2.70 bits per heavy atom. The Hall–Kier alpha value is -1.17. The van der Waals surface area contributed by atoms with Crippen LogP contribution in [0.4, 0.5) is 0 Å². The van der Waals surface area contributed by atoms with E-state index in [4.69, 9.17) is 0 Å². The molecule has 7 heteroatoms. The average molecular weight is 316 g/mol. The summed E-state index contributed by atoms with van der Waals surface area (Å²) in [4.78, 5) is 13.2. The zero-order valence-electron chi connectivity index (χ0n) is 11.3. The van der Waals surface area contributed by atoms with Gasteiger partial charge in [0.1, 0.15) is 5.69 Å². The van der Waals surface area contributed by atoms with Crippen molar-refractivity contribution in [1.29, 1.82) is 0 Å². The van der Waals surface area contributed by atoms with E-state index in [-0.39, 0.29) is 24.8 Å². The molecule has 0 aromatic carbocycles. The smallest absolute Gasteiger partial charge is 0.110 e. The quantitative estimate of drug-likeness (QED) is 0.923. The maximum absolute atomic E-state index is 4.56. The molecule has 1 saturated heterocycles. The predicted molar refractivity (Wildman–Crippen MR) is 83.6 cm³/mol. The monoisotopic (exact) mass is 315 g/mol. The van der Waals surface area contributed by atoms with Crippen LogP contribution in [0.25, 0.3) is 11.4 Å². The lowest BCUT2D eigenvalue weighted by Crippen LogP contribution is -2.29. The van der Waals surface area contributed by atoms with Gasteiger partial charge in [0.15, 0.2) is 0 Å². The third kappa shape index (κ3) is 3.29. The summed E-state index contributed by atoms with van der Waals surface area (Å²) in [6.07, 6.45) is 9.56. The van der Waals surface area contributed by atoms with Crippen LogP contribution in [0.5, 0.6) is 0 Å². The van der Waals surface area contributed by atoms with Gasteiger partial charge < -0.3 is 9.88 Å². The lowest BCUT2D eigenvalue weighted by Gasteiger charge is -2.23. The summed E-state index contributed by atoms with van der Waals surface area (Å²) in [5, 5.41) is 3.43. The summed E-state index contributed by atoms with van der Waals surface area (Å²) in [5.74, 6) is 0.456. The van der Waals surface area contributed by atoms with Crippen LogP contribution in [-0.2, 0) is 7.05 Å². The highest BCUT2D eigenvalue weighted by Crippen LogP contribution is 2.28. The van der Waals surface area contributed by atoms with Gasteiger partial charge in [0.25, 0.3) is 0 Å². The van der Waals surface area contributed by atoms with E-state index in [1.165, 1.54) is 12.8 Å². The van der Waals surface area contributed by atoms with E-state index in [9.17, 15) is 0 Å². The van der Waals surface area contributed by atoms with Crippen molar-refractivity contribution < 1.29 is 0 Å². The summed E-state index contributed by atoms with van der Waals surface area (Å²) in [5.41, 5.74) is 3.09. The summed E-state index contributed by atoms with van der Waals surface area (Å²) < 4.78 is 1.99. The first-order chi connectivity index (χ1) is 8.86. The topological polar surface area (TPSA) is 55.6 Å². The summed E-state index contributed by atoms with van der Waals surface area (Å²) in [7, 11) is 1.99. The molecule has 1 fully saturated rings. The standard InChI is InChI=1S/C13H17N5.2ClH/c1-18-9-15-8-11(18)13-12(16-5-6-17-13)10-3-2-4-14-7-10;;/h5-6,8-10,14H,2-4,7H2,1H3;2*1H. The van der Waals surface area contributed by atoms with E-state index < -0.39 is 0 Å². The van der Waals surface area contributed by atoms with Crippen molar-refractivity contribution in [3.63, 3.8) is 0 Å². The van der Waals surface area contributed by atoms with E-state index in [1.807, 2.05) is 17.8 Å². The van der Waals surface area contributed by atoms with Gasteiger partial charge in [0, 0.05) is 31.9 Å². The van der Waals surface area contributed by atoms with Crippen LogP contribution < -0.4 is 5.32 Å². The predicted octanol–water partition coefficient (Wildman–Crippen LogP) is 2.19. The summed E-state index contributed by atoms with van der Waals surface area (Å²) >= 11 is 0. The SMILES string of the molecule is Cl.Cl.Cn1cncc1-c1nccnc1C1CCCNC1. The van der Waals surface area contributed by atoms with Crippen molar-refractivity contribution in [2.75, 3.05) is 13.1 Å². The molecule has 0 amide bonds. The Labute approximate surface area is 131 Å². The highest BCUT2D eigenvalue weighted by molar-refractivity contribution is 5.85. The Kier molecular flexibility index (Phi) is 6.39. The normalized spacial score (nSPS) is 17.9. The average Bonchev–Trinajstić information content (AvgIpc) is 2.86. The number of halogens is 2. The van der Waals surface area contributed by atoms with Crippen molar-refractivity contribution in [2.24, 2.45) is 7.05 Å². The number of piperidine rings is 1. The van der Waals surface area contributed by atoms with E-state index in [0.29, 0.717) is 5.92 Å². The number of imidazole rings is 1. The molecule has 5 nitrogen and oxygen atoms in total.